The number of hydrogen-bond acceptors (Lipinski definition) is 3. The number of rotatable bonds is 7. The molecule has 1 saturated carbocycles. The number of urea groups is 1. The summed E-state index contributed by atoms with van der Waals surface area (Å²) in [4.78, 5) is 29.5. The second-order valence-electron chi connectivity index (χ2n) is 8.19. The third-order valence-corrected chi connectivity index (χ3v) is 6.06. The van der Waals surface area contributed by atoms with E-state index in [9.17, 15) is 9.59 Å². The summed E-state index contributed by atoms with van der Waals surface area (Å²) in [6, 6.07) is 8.12. The summed E-state index contributed by atoms with van der Waals surface area (Å²) in [5.41, 5.74) is 2.34. The molecule has 2 fully saturated rings. The fourth-order valence-electron chi connectivity index (χ4n) is 4.54. The molecule has 158 valence electrons. The van der Waals surface area contributed by atoms with Gasteiger partial charge in [0.1, 0.15) is 0 Å². The molecule has 1 heterocycles. The highest BCUT2D eigenvalue weighted by atomic mass is 16.2. The molecule has 29 heavy (non-hydrogen) atoms. The molecule has 1 aromatic rings. The Hall–Kier alpha value is -2.34. The SMILES string of the molecule is C=CCNC(=O)N1CCN([C@H](C(=O)NCc2cccc(C)c2)C2CCCC2)CC1. The zero-order valence-electron chi connectivity index (χ0n) is 17.5. The van der Waals surface area contributed by atoms with Gasteiger partial charge in [-0.3, -0.25) is 9.69 Å². The second-order valence-corrected chi connectivity index (χ2v) is 8.19. The van der Waals surface area contributed by atoms with Gasteiger partial charge in [0.15, 0.2) is 0 Å². The van der Waals surface area contributed by atoms with Gasteiger partial charge in [-0.05, 0) is 31.2 Å². The largest absolute Gasteiger partial charge is 0.351 e. The number of hydrogen-bond donors (Lipinski definition) is 2. The zero-order chi connectivity index (χ0) is 20.6. The highest BCUT2D eigenvalue weighted by Gasteiger charge is 2.37. The monoisotopic (exact) mass is 398 g/mol. The lowest BCUT2D eigenvalue weighted by molar-refractivity contribution is -0.129. The molecule has 1 aliphatic heterocycles. The van der Waals surface area contributed by atoms with Crippen LogP contribution in [-0.4, -0.2) is 60.5 Å². The molecule has 0 aromatic heterocycles. The number of amides is 3. The van der Waals surface area contributed by atoms with Crippen LogP contribution < -0.4 is 10.6 Å². The third-order valence-electron chi connectivity index (χ3n) is 6.06. The summed E-state index contributed by atoms with van der Waals surface area (Å²) in [7, 11) is 0. The summed E-state index contributed by atoms with van der Waals surface area (Å²) in [5.74, 6) is 0.539. The molecule has 1 saturated heterocycles. The Morgan fingerprint density at radius 3 is 2.55 bits per heavy atom. The van der Waals surface area contributed by atoms with Crippen LogP contribution in [0.25, 0.3) is 0 Å². The molecule has 1 aromatic carbocycles. The van der Waals surface area contributed by atoms with Gasteiger partial charge in [0, 0.05) is 39.3 Å². The van der Waals surface area contributed by atoms with E-state index in [1.54, 1.807) is 6.08 Å². The van der Waals surface area contributed by atoms with Crippen molar-refractivity contribution in [3.8, 4) is 0 Å². The van der Waals surface area contributed by atoms with Crippen molar-refractivity contribution < 1.29 is 9.59 Å². The van der Waals surface area contributed by atoms with Crippen LogP contribution in [0.3, 0.4) is 0 Å². The summed E-state index contributed by atoms with van der Waals surface area (Å²) in [5, 5.41) is 6.02. The van der Waals surface area contributed by atoms with Crippen LogP contribution in [-0.2, 0) is 11.3 Å². The molecule has 2 aliphatic rings. The Bertz CT molecular complexity index is 707. The summed E-state index contributed by atoms with van der Waals surface area (Å²) < 4.78 is 0. The van der Waals surface area contributed by atoms with Crippen molar-refractivity contribution in [2.24, 2.45) is 5.92 Å². The number of aryl methyl sites for hydroxylation is 1. The van der Waals surface area contributed by atoms with Gasteiger partial charge in [-0.15, -0.1) is 6.58 Å². The Labute approximate surface area is 174 Å². The van der Waals surface area contributed by atoms with Gasteiger partial charge in [-0.2, -0.15) is 0 Å². The van der Waals surface area contributed by atoms with E-state index in [0.717, 1.165) is 31.5 Å². The highest BCUT2D eigenvalue weighted by Crippen LogP contribution is 2.31. The van der Waals surface area contributed by atoms with Gasteiger partial charge >= 0.3 is 6.03 Å². The summed E-state index contributed by atoms with van der Waals surface area (Å²) in [6.07, 6.45) is 6.32. The number of nitrogens with zero attached hydrogens (tertiary/aromatic N) is 2. The first kappa shape index (κ1) is 21.4. The van der Waals surface area contributed by atoms with E-state index in [0.29, 0.717) is 32.1 Å². The van der Waals surface area contributed by atoms with Gasteiger partial charge in [0.05, 0.1) is 6.04 Å². The predicted molar refractivity (Wildman–Crippen MR) is 116 cm³/mol. The van der Waals surface area contributed by atoms with Crippen molar-refractivity contribution in [3.05, 3.63) is 48.0 Å². The van der Waals surface area contributed by atoms with Crippen LogP contribution in [0, 0.1) is 12.8 Å². The topological polar surface area (TPSA) is 64.7 Å². The van der Waals surface area contributed by atoms with Gasteiger partial charge in [0.25, 0.3) is 0 Å². The number of piperazine rings is 1. The molecule has 2 N–H and O–H groups in total. The molecule has 0 radical (unpaired) electrons. The molecule has 0 bridgehead atoms. The van der Waals surface area contributed by atoms with E-state index in [1.807, 2.05) is 11.0 Å². The highest BCUT2D eigenvalue weighted by molar-refractivity contribution is 5.82. The average Bonchev–Trinajstić information content (AvgIpc) is 3.25. The molecule has 1 atom stereocenters. The maximum absolute atomic E-state index is 13.2. The Balaban J connectivity index is 1.59. The van der Waals surface area contributed by atoms with Crippen LogP contribution in [0.1, 0.15) is 36.8 Å². The lowest BCUT2D eigenvalue weighted by Gasteiger charge is -2.40. The number of carbonyl (C=O) groups excluding carboxylic acids is 2. The van der Waals surface area contributed by atoms with Crippen LogP contribution in [0.2, 0.25) is 0 Å². The molecule has 6 heteroatoms. The zero-order valence-corrected chi connectivity index (χ0v) is 17.5. The first-order valence-corrected chi connectivity index (χ1v) is 10.8. The van der Waals surface area contributed by atoms with Gasteiger partial charge < -0.3 is 15.5 Å². The van der Waals surface area contributed by atoms with E-state index >= 15 is 0 Å². The van der Waals surface area contributed by atoms with Crippen molar-refractivity contribution in [1.82, 2.24) is 20.4 Å². The van der Waals surface area contributed by atoms with Gasteiger partial charge in [-0.25, -0.2) is 4.79 Å². The van der Waals surface area contributed by atoms with E-state index in [1.165, 1.54) is 18.4 Å². The normalized spacial score (nSPS) is 19.0. The standard InChI is InChI=1S/C23H34N4O2/c1-3-11-24-23(29)27-14-12-26(13-15-27)21(20-9-4-5-10-20)22(28)25-17-19-8-6-7-18(2)16-19/h3,6-8,16,20-21H,1,4-5,9-15,17H2,2H3,(H,24,29)(H,25,28)/t21-/m0/s1. The minimum atomic E-state index is -0.0966. The van der Waals surface area contributed by atoms with E-state index in [-0.39, 0.29) is 18.0 Å². The smallest absolute Gasteiger partial charge is 0.317 e. The first-order valence-electron chi connectivity index (χ1n) is 10.8. The molecule has 3 amide bonds. The Morgan fingerprint density at radius 2 is 1.90 bits per heavy atom. The van der Waals surface area contributed by atoms with Crippen molar-refractivity contribution >= 4 is 11.9 Å². The molecule has 3 rings (SSSR count). The van der Waals surface area contributed by atoms with Gasteiger partial charge in [-0.1, -0.05) is 48.7 Å². The van der Waals surface area contributed by atoms with Crippen molar-refractivity contribution in [2.75, 3.05) is 32.7 Å². The molecular formula is C23H34N4O2. The fraction of sp³-hybridized carbons (Fsp3) is 0.565. The third kappa shape index (κ3) is 5.82. The van der Waals surface area contributed by atoms with Gasteiger partial charge in [0.2, 0.25) is 5.91 Å². The number of benzene rings is 1. The molecule has 1 aliphatic carbocycles. The maximum atomic E-state index is 13.2. The Kier molecular flexibility index (Phi) is 7.69. The predicted octanol–water partition coefficient (Wildman–Crippen LogP) is 2.68. The van der Waals surface area contributed by atoms with Crippen molar-refractivity contribution in [2.45, 2.75) is 45.2 Å². The molecule has 6 nitrogen and oxygen atoms in total. The summed E-state index contributed by atoms with van der Waals surface area (Å²) >= 11 is 0. The lowest BCUT2D eigenvalue weighted by Crippen LogP contribution is -2.58. The van der Waals surface area contributed by atoms with E-state index in [2.05, 4.69) is 47.2 Å². The van der Waals surface area contributed by atoms with Crippen LogP contribution in [0.4, 0.5) is 4.79 Å². The minimum Gasteiger partial charge on any atom is -0.351 e. The van der Waals surface area contributed by atoms with E-state index in [4.69, 9.17) is 0 Å². The fourth-order valence-corrected chi connectivity index (χ4v) is 4.54. The summed E-state index contributed by atoms with van der Waals surface area (Å²) in [6.45, 7) is 9.52. The molecular weight excluding hydrogens is 364 g/mol. The van der Waals surface area contributed by atoms with Crippen molar-refractivity contribution in [3.63, 3.8) is 0 Å². The molecule has 0 unspecified atom stereocenters. The van der Waals surface area contributed by atoms with E-state index < -0.39 is 0 Å². The van der Waals surface area contributed by atoms with Crippen LogP contribution in [0.15, 0.2) is 36.9 Å². The van der Waals surface area contributed by atoms with Crippen molar-refractivity contribution in [1.29, 1.82) is 0 Å². The quantitative estimate of drug-likeness (QED) is 0.694. The minimum absolute atomic E-state index is 0.0501. The number of carbonyl (C=O) groups is 2. The second kappa shape index (κ2) is 10.4. The van der Waals surface area contributed by atoms with Crippen LogP contribution in [0.5, 0.6) is 0 Å². The maximum Gasteiger partial charge on any atom is 0.317 e. The van der Waals surface area contributed by atoms with Crippen LogP contribution >= 0.6 is 0 Å². The molecule has 0 spiro atoms. The average molecular weight is 399 g/mol. The Morgan fingerprint density at radius 1 is 1.17 bits per heavy atom. The number of nitrogens with one attached hydrogen (secondary N) is 2. The lowest BCUT2D eigenvalue weighted by atomic mass is 9.95. The first-order chi connectivity index (χ1) is 14.1.